The molecule has 2 aliphatic rings. The summed E-state index contributed by atoms with van der Waals surface area (Å²) >= 11 is 0. The van der Waals surface area contributed by atoms with Crippen LogP contribution >= 0.6 is 0 Å². The van der Waals surface area contributed by atoms with Crippen molar-refractivity contribution in [1.82, 2.24) is 4.31 Å². The lowest BCUT2D eigenvalue weighted by molar-refractivity contribution is -0.119. The SMILES string of the molecule is COc1ccc(N2CCN(S(=O)(=O)c3ccc(N4C(=O)C(C)CS4(=O)=O)cc3C)CC2)cc1. The van der Waals surface area contributed by atoms with E-state index >= 15 is 0 Å². The summed E-state index contributed by atoms with van der Waals surface area (Å²) in [6.45, 7) is 4.91. The van der Waals surface area contributed by atoms with Crippen LogP contribution in [0.3, 0.4) is 0 Å². The van der Waals surface area contributed by atoms with Gasteiger partial charge >= 0.3 is 0 Å². The monoisotopic (exact) mass is 493 g/mol. The average molecular weight is 494 g/mol. The minimum Gasteiger partial charge on any atom is -0.497 e. The van der Waals surface area contributed by atoms with Crippen molar-refractivity contribution in [3.63, 3.8) is 0 Å². The Morgan fingerprint density at radius 3 is 2.09 bits per heavy atom. The zero-order chi connectivity index (χ0) is 24.0. The van der Waals surface area contributed by atoms with Gasteiger partial charge in [0.2, 0.25) is 26.0 Å². The third kappa shape index (κ3) is 4.32. The molecule has 2 aromatic rings. The largest absolute Gasteiger partial charge is 0.497 e. The van der Waals surface area contributed by atoms with Crippen molar-refractivity contribution in [2.24, 2.45) is 5.92 Å². The molecule has 2 aliphatic heterocycles. The number of benzene rings is 2. The van der Waals surface area contributed by atoms with Crippen molar-refractivity contribution in [2.75, 3.05) is 48.2 Å². The summed E-state index contributed by atoms with van der Waals surface area (Å²) in [6.07, 6.45) is 0. The highest BCUT2D eigenvalue weighted by Crippen LogP contribution is 2.32. The molecule has 2 fully saturated rings. The van der Waals surface area contributed by atoms with E-state index in [1.165, 1.54) is 22.5 Å². The topological polar surface area (TPSA) is 104 Å². The summed E-state index contributed by atoms with van der Waals surface area (Å²) in [5.74, 6) is -0.610. The second kappa shape index (κ2) is 8.62. The lowest BCUT2D eigenvalue weighted by Gasteiger charge is -2.35. The number of sulfonamides is 2. The van der Waals surface area contributed by atoms with Gasteiger partial charge in [0.05, 0.1) is 29.4 Å². The number of piperazine rings is 1. The van der Waals surface area contributed by atoms with Gasteiger partial charge in [0.1, 0.15) is 5.75 Å². The Morgan fingerprint density at radius 2 is 1.58 bits per heavy atom. The molecule has 0 spiro atoms. The van der Waals surface area contributed by atoms with Crippen LogP contribution in [0.5, 0.6) is 5.75 Å². The fraction of sp³-hybridized carbons (Fsp3) is 0.409. The van der Waals surface area contributed by atoms with Crippen LogP contribution < -0.4 is 13.9 Å². The number of aryl methyl sites for hydroxylation is 1. The van der Waals surface area contributed by atoms with E-state index in [2.05, 4.69) is 4.90 Å². The van der Waals surface area contributed by atoms with Crippen LogP contribution in [-0.4, -0.2) is 66.1 Å². The summed E-state index contributed by atoms with van der Waals surface area (Å²) in [7, 11) is -5.91. The van der Waals surface area contributed by atoms with E-state index in [1.54, 1.807) is 21.0 Å². The quantitative estimate of drug-likeness (QED) is 0.626. The number of amides is 1. The Balaban J connectivity index is 1.51. The average Bonchev–Trinajstić information content (AvgIpc) is 2.99. The van der Waals surface area contributed by atoms with Crippen molar-refractivity contribution >= 4 is 37.3 Å². The summed E-state index contributed by atoms with van der Waals surface area (Å²) in [4.78, 5) is 14.6. The van der Waals surface area contributed by atoms with Gasteiger partial charge in [-0.3, -0.25) is 4.79 Å². The molecule has 9 nitrogen and oxygen atoms in total. The highest BCUT2D eigenvalue weighted by atomic mass is 32.2. The number of anilines is 2. The normalized spacial score (nSPS) is 21.4. The lowest BCUT2D eigenvalue weighted by Crippen LogP contribution is -2.48. The van der Waals surface area contributed by atoms with Gasteiger partial charge in [0, 0.05) is 31.9 Å². The second-order valence-electron chi connectivity index (χ2n) is 8.32. The van der Waals surface area contributed by atoms with Gasteiger partial charge in [0.25, 0.3) is 0 Å². The van der Waals surface area contributed by atoms with Crippen molar-refractivity contribution < 1.29 is 26.4 Å². The Kier molecular flexibility index (Phi) is 6.14. The maximum atomic E-state index is 13.3. The van der Waals surface area contributed by atoms with Crippen molar-refractivity contribution in [2.45, 2.75) is 18.7 Å². The second-order valence-corrected chi connectivity index (χ2v) is 12.1. The molecule has 1 unspecified atom stereocenters. The van der Waals surface area contributed by atoms with Crippen LogP contribution in [0.1, 0.15) is 12.5 Å². The third-order valence-corrected chi connectivity index (χ3v) is 9.97. The van der Waals surface area contributed by atoms with E-state index in [1.807, 2.05) is 24.3 Å². The van der Waals surface area contributed by atoms with Crippen LogP contribution in [0.25, 0.3) is 0 Å². The first-order valence-corrected chi connectivity index (χ1v) is 13.7. The molecule has 0 saturated carbocycles. The number of methoxy groups -OCH3 is 1. The van der Waals surface area contributed by atoms with Crippen LogP contribution in [-0.2, 0) is 24.8 Å². The molecule has 11 heteroatoms. The van der Waals surface area contributed by atoms with Gasteiger partial charge in [-0.2, -0.15) is 4.31 Å². The third-order valence-electron chi connectivity index (χ3n) is 6.05. The zero-order valence-electron chi connectivity index (χ0n) is 18.8. The molecular formula is C22H27N3O6S2. The zero-order valence-corrected chi connectivity index (χ0v) is 20.4. The molecule has 2 saturated heterocycles. The maximum absolute atomic E-state index is 13.3. The number of carbonyl (C=O) groups is 1. The molecule has 4 rings (SSSR count). The molecule has 1 amide bonds. The standard InChI is InChI=1S/C22H27N3O6S2/c1-16-14-19(25-22(26)17(2)15-32(25,27)28)6-9-21(16)33(29,30)24-12-10-23(11-13-24)18-4-7-20(31-3)8-5-18/h4-9,14,17H,10-13,15H2,1-3H3. The van der Waals surface area contributed by atoms with Crippen LogP contribution in [0.4, 0.5) is 11.4 Å². The molecule has 0 radical (unpaired) electrons. The number of hydrogen-bond donors (Lipinski definition) is 0. The molecule has 0 N–H and O–H groups in total. The predicted octanol–water partition coefficient (Wildman–Crippen LogP) is 1.83. The molecule has 0 bridgehead atoms. The van der Waals surface area contributed by atoms with E-state index in [9.17, 15) is 21.6 Å². The van der Waals surface area contributed by atoms with E-state index in [-0.39, 0.29) is 16.3 Å². The van der Waals surface area contributed by atoms with Crippen LogP contribution in [0.2, 0.25) is 0 Å². The fourth-order valence-corrected chi connectivity index (χ4v) is 7.70. The molecule has 0 aliphatic carbocycles. The minimum atomic E-state index is -3.77. The molecule has 178 valence electrons. The number of ether oxygens (including phenoxy) is 1. The van der Waals surface area contributed by atoms with E-state index in [0.29, 0.717) is 31.7 Å². The summed E-state index contributed by atoms with van der Waals surface area (Å²) in [5.41, 5.74) is 1.57. The fourth-order valence-electron chi connectivity index (χ4n) is 4.25. The molecule has 0 aromatic heterocycles. The first-order chi connectivity index (χ1) is 15.5. The van der Waals surface area contributed by atoms with Crippen LogP contribution in [0.15, 0.2) is 47.4 Å². The summed E-state index contributed by atoms with van der Waals surface area (Å²) < 4.78 is 58.8. The van der Waals surface area contributed by atoms with Crippen molar-refractivity contribution in [3.05, 3.63) is 48.0 Å². The Labute approximate surface area is 194 Å². The van der Waals surface area contributed by atoms with Crippen LogP contribution in [0, 0.1) is 12.8 Å². The van der Waals surface area contributed by atoms with Gasteiger partial charge in [0.15, 0.2) is 0 Å². The van der Waals surface area contributed by atoms with Crippen molar-refractivity contribution in [3.8, 4) is 5.75 Å². The highest BCUT2D eigenvalue weighted by Gasteiger charge is 2.42. The predicted molar refractivity (Wildman–Crippen MR) is 126 cm³/mol. The van der Waals surface area contributed by atoms with E-state index < -0.39 is 31.9 Å². The number of rotatable bonds is 5. The van der Waals surface area contributed by atoms with Gasteiger partial charge in [-0.15, -0.1) is 0 Å². The summed E-state index contributed by atoms with van der Waals surface area (Å²) in [6, 6.07) is 11.9. The van der Waals surface area contributed by atoms with Gasteiger partial charge < -0.3 is 9.64 Å². The molecule has 1 atom stereocenters. The lowest BCUT2D eigenvalue weighted by atomic mass is 10.2. The number of nitrogens with zero attached hydrogens (tertiary/aromatic N) is 3. The molecular weight excluding hydrogens is 466 g/mol. The maximum Gasteiger partial charge on any atom is 0.244 e. The minimum absolute atomic E-state index is 0.112. The Morgan fingerprint density at radius 1 is 0.970 bits per heavy atom. The van der Waals surface area contributed by atoms with Gasteiger partial charge in [-0.25, -0.2) is 21.1 Å². The van der Waals surface area contributed by atoms with E-state index in [0.717, 1.165) is 15.7 Å². The smallest absolute Gasteiger partial charge is 0.244 e. The number of hydrogen-bond acceptors (Lipinski definition) is 7. The van der Waals surface area contributed by atoms with Gasteiger partial charge in [-0.05, 0) is 55.0 Å². The van der Waals surface area contributed by atoms with E-state index in [4.69, 9.17) is 4.74 Å². The first-order valence-electron chi connectivity index (χ1n) is 10.6. The molecule has 2 aromatic carbocycles. The van der Waals surface area contributed by atoms with Crippen molar-refractivity contribution in [1.29, 1.82) is 0 Å². The summed E-state index contributed by atoms with van der Waals surface area (Å²) in [5, 5.41) is 0. The molecule has 2 heterocycles. The highest BCUT2D eigenvalue weighted by molar-refractivity contribution is 7.94. The first kappa shape index (κ1) is 23.5. The Hall–Kier alpha value is -2.63. The van der Waals surface area contributed by atoms with Gasteiger partial charge in [-0.1, -0.05) is 6.92 Å². The number of carbonyl (C=O) groups excluding carboxylic acids is 1. The molecule has 33 heavy (non-hydrogen) atoms. The Bertz CT molecular complexity index is 1270.